The molecule has 0 bridgehead atoms. The number of hydrogen-bond donors (Lipinski definition) is 1. The van der Waals surface area contributed by atoms with Gasteiger partial charge in [-0.05, 0) is 51.7 Å². The van der Waals surface area contributed by atoms with Gasteiger partial charge in [-0.3, -0.25) is 4.79 Å². The number of nitrogens with zero attached hydrogens (tertiary/aromatic N) is 2. The minimum atomic E-state index is 0.226. The fraction of sp³-hybridized carbons (Fsp3) is 0.933. The van der Waals surface area contributed by atoms with Crippen LogP contribution in [0.2, 0.25) is 0 Å². The predicted octanol–water partition coefficient (Wildman–Crippen LogP) is 1.70. The second kappa shape index (κ2) is 9.32. The number of amides is 1. The van der Waals surface area contributed by atoms with Crippen LogP contribution in [-0.2, 0) is 4.79 Å². The van der Waals surface area contributed by atoms with E-state index in [0.29, 0.717) is 5.91 Å². The largest absolute Gasteiger partial charge is 0.341 e. The molecule has 1 fully saturated rings. The van der Waals surface area contributed by atoms with Crippen molar-refractivity contribution < 1.29 is 4.79 Å². The molecule has 19 heavy (non-hydrogen) atoms. The van der Waals surface area contributed by atoms with Crippen LogP contribution >= 0.6 is 0 Å². The third-order valence-corrected chi connectivity index (χ3v) is 4.16. The van der Waals surface area contributed by atoms with E-state index in [-0.39, 0.29) is 5.92 Å². The summed E-state index contributed by atoms with van der Waals surface area (Å²) >= 11 is 0. The first kappa shape index (κ1) is 16.4. The van der Waals surface area contributed by atoms with E-state index < -0.39 is 0 Å². The standard InChI is InChI=1S/C15H31N3O/c1-3-14(4-2)15(19)18-11-7-10-17(12-13-18)9-6-5-8-16/h14H,3-13,16H2,1-2H3. The van der Waals surface area contributed by atoms with Gasteiger partial charge < -0.3 is 15.5 Å². The molecule has 0 spiro atoms. The SMILES string of the molecule is CCC(CC)C(=O)N1CCCN(CCCCN)CC1. The Balaban J connectivity index is 2.38. The van der Waals surface area contributed by atoms with Crippen LogP contribution in [0.1, 0.15) is 46.0 Å². The molecule has 1 saturated heterocycles. The molecule has 0 unspecified atom stereocenters. The van der Waals surface area contributed by atoms with Crippen LogP contribution in [0.25, 0.3) is 0 Å². The Hall–Kier alpha value is -0.610. The molecule has 0 aliphatic carbocycles. The molecule has 0 saturated carbocycles. The van der Waals surface area contributed by atoms with E-state index in [0.717, 1.165) is 65.0 Å². The zero-order valence-electron chi connectivity index (χ0n) is 12.7. The molecule has 0 atom stereocenters. The monoisotopic (exact) mass is 269 g/mol. The number of unbranched alkanes of at least 4 members (excludes halogenated alkanes) is 1. The average molecular weight is 269 g/mol. The summed E-state index contributed by atoms with van der Waals surface area (Å²) in [6.07, 6.45) is 5.32. The molecule has 1 amide bonds. The van der Waals surface area contributed by atoms with Crippen molar-refractivity contribution in [1.82, 2.24) is 9.80 Å². The maximum absolute atomic E-state index is 12.4. The lowest BCUT2D eigenvalue weighted by molar-refractivity contribution is -0.135. The molecule has 1 rings (SSSR count). The molecule has 4 heteroatoms. The smallest absolute Gasteiger partial charge is 0.225 e. The van der Waals surface area contributed by atoms with Gasteiger partial charge in [0.25, 0.3) is 0 Å². The fourth-order valence-electron chi connectivity index (χ4n) is 2.79. The summed E-state index contributed by atoms with van der Waals surface area (Å²) in [4.78, 5) is 16.9. The van der Waals surface area contributed by atoms with Crippen LogP contribution in [0.3, 0.4) is 0 Å². The molecule has 0 aromatic carbocycles. The van der Waals surface area contributed by atoms with E-state index in [4.69, 9.17) is 5.73 Å². The zero-order valence-corrected chi connectivity index (χ0v) is 12.7. The van der Waals surface area contributed by atoms with Crippen molar-refractivity contribution in [3.05, 3.63) is 0 Å². The lowest BCUT2D eigenvalue weighted by atomic mass is 10.0. The molecule has 1 aliphatic heterocycles. The molecule has 4 nitrogen and oxygen atoms in total. The van der Waals surface area contributed by atoms with Crippen molar-refractivity contribution in [3.63, 3.8) is 0 Å². The van der Waals surface area contributed by atoms with E-state index in [1.165, 1.54) is 6.42 Å². The highest BCUT2D eigenvalue weighted by Gasteiger charge is 2.23. The normalized spacial score (nSPS) is 17.8. The van der Waals surface area contributed by atoms with Crippen molar-refractivity contribution in [2.24, 2.45) is 11.7 Å². The average Bonchev–Trinajstić information content (AvgIpc) is 2.66. The van der Waals surface area contributed by atoms with Crippen LogP contribution in [-0.4, -0.2) is 55.0 Å². The summed E-state index contributed by atoms with van der Waals surface area (Å²) in [5.74, 6) is 0.595. The van der Waals surface area contributed by atoms with Crippen LogP contribution in [0.4, 0.5) is 0 Å². The minimum absolute atomic E-state index is 0.226. The maximum atomic E-state index is 12.4. The van der Waals surface area contributed by atoms with Crippen LogP contribution in [0.15, 0.2) is 0 Å². The fourth-order valence-corrected chi connectivity index (χ4v) is 2.79. The molecule has 112 valence electrons. The number of rotatable bonds is 7. The highest BCUT2D eigenvalue weighted by Crippen LogP contribution is 2.14. The molecular formula is C15H31N3O. The summed E-state index contributed by atoms with van der Waals surface area (Å²) in [6.45, 7) is 10.1. The number of carbonyl (C=O) groups is 1. The Morgan fingerprint density at radius 2 is 1.84 bits per heavy atom. The first-order chi connectivity index (χ1) is 9.22. The van der Waals surface area contributed by atoms with E-state index in [2.05, 4.69) is 23.6 Å². The molecule has 1 heterocycles. The second-order valence-electron chi connectivity index (χ2n) is 5.53. The summed E-state index contributed by atoms with van der Waals surface area (Å²) < 4.78 is 0. The first-order valence-corrected chi connectivity index (χ1v) is 7.94. The number of hydrogen-bond acceptors (Lipinski definition) is 3. The predicted molar refractivity (Wildman–Crippen MR) is 80.0 cm³/mol. The van der Waals surface area contributed by atoms with Gasteiger partial charge in [-0.2, -0.15) is 0 Å². The van der Waals surface area contributed by atoms with Gasteiger partial charge >= 0.3 is 0 Å². The number of carbonyl (C=O) groups excluding carboxylic acids is 1. The third-order valence-electron chi connectivity index (χ3n) is 4.16. The number of nitrogens with two attached hydrogens (primary N) is 1. The van der Waals surface area contributed by atoms with Crippen molar-refractivity contribution in [2.45, 2.75) is 46.0 Å². The summed E-state index contributed by atoms with van der Waals surface area (Å²) in [6, 6.07) is 0. The van der Waals surface area contributed by atoms with Gasteiger partial charge in [-0.15, -0.1) is 0 Å². The summed E-state index contributed by atoms with van der Waals surface area (Å²) in [5.41, 5.74) is 5.53. The van der Waals surface area contributed by atoms with E-state index >= 15 is 0 Å². The van der Waals surface area contributed by atoms with Gasteiger partial charge in [0.1, 0.15) is 0 Å². The highest BCUT2D eigenvalue weighted by molar-refractivity contribution is 5.78. The Bertz CT molecular complexity index is 254. The Morgan fingerprint density at radius 3 is 2.47 bits per heavy atom. The summed E-state index contributed by atoms with van der Waals surface area (Å²) in [7, 11) is 0. The van der Waals surface area contributed by atoms with E-state index in [1.807, 2.05) is 0 Å². The third kappa shape index (κ3) is 5.49. The summed E-state index contributed by atoms with van der Waals surface area (Å²) in [5, 5.41) is 0. The van der Waals surface area contributed by atoms with Gasteiger partial charge in [-0.1, -0.05) is 13.8 Å². The van der Waals surface area contributed by atoms with Crippen LogP contribution < -0.4 is 5.73 Å². The molecule has 0 aromatic rings. The van der Waals surface area contributed by atoms with Crippen LogP contribution in [0, 0.1) is 5.92 Å². The second-order valence-corrected chi connectivity index (χ2v) is 5.53. The van der Waals surface area contributed by atoms with E-state index in [1.54, 1.807) is 0 Å². The van der Waals surface area contributed by atoms with Crippen molar-refractivity contribution >= 4 is 5.91 Å². The van der Waals surface area contributed by atoms with Gasteiger partial charge in [0.05, 0.1) is 0 Å². The zero-order chi connectivity index (χ0) is 14.1. The van der Waals surface area contributed by atoms with Crippen molar-refractivity contribution in [2.75, 3.05) is 39.3 Å². The van der Waals surface area contributed by atoms with Gasteiger partial charge in [0.2, 0.25) is 5.91 Å². The Labute approximate surface area is 118 Å². The lowest BCUT2D eigenvalue weighted by Crippen LogP contribution is -2.38. The highest BCUT2D eigenvalue weighted by atomic mass is 16.2. The molecule has 2 N–H and O–H groups in total. The lowest BCUT2D eigenvalue weighted by Gasteiger charge is -2.25. The topological polar surface area (TPSA) is 49.6 Å². The Kier molecular flexibility index (Phi) is 8.07. The van der Waals surface area contributed by atoms with Crippen molar-refractivity contribution in [3.8, 4) is 0 Å². The van der Waals surface area contributed by atoms with Gasteiger partial charge in [0.15, 0.2) is 0 Å². The minimum Gasteiger partial charge on any atom is -0.341 e. The van der Waals surface area contributed by atoms with Gasteiger partial charge in [-0.25, -0.2) is 0 Å². The molecule has 0 radical (unpaired) electrons. The van der Waals surface area contributed by atoms with Crippen molar-refractivity contribution in [1.29, 1.82) is 0 Å². The van der Waals surface area contributed by atoms with Crippen LogP contribution in [0.5, 0.6) is 0 Å². The first-order valence-electron chi connectivity index (χ1n) is 7.94. The molecular weight excluding hydrogens is 238 g/mol. The molecule has 1 aliphatic rings. The maximum Gasteiger partial charge on any atom is 0.225 e. The Morgan fingerprint density at radius 1 is 1.11 bits per heavy atom. The quantitative estimate of drug-likeness (QED) is 0.716. The van der Waals surface area contributed by atoms with E-state index in [9.17, 15) is 4.79 Å². The molecule has 0 aromatic heterocycles. The van der Waals surface area contributed by atoms with Gasteiger partial charge in [0, 0.05) is 25.6 Å².